The first-order chi connectivity index (χ1) is 9.59. The average molecular weight is 285 g/mol. The van der Waals surface area contributed by atoms with E-state index in [1.165, 1.54) is 11.3 Å². The van der Waals surface area contributed by atoms with Gasteiger partial charge in [-0.15, -0.1) is 11.3 Å². The van der Waals surface area contributed by atoms with Crippen LogP contribution in [0.25, 0.3) is 16.0 Å². The maximum absolute atomic E-state index is 12.8. The third-order valence-corrected chi connectivity index (χ3v) is 4.42. The Morgan fingerprint density at radius 3 is 2.60 bits per heavy atom. The van der Waals surface area contributed by atoms with Crippen LogP contribution in [-0.4, -0.2) is 9.51 Å². The highest BCUT2D eigenvalue weighted by Gasteiger charge is 2.17. The second kappa shape index (κ2) is 4.89. The number of aliphatic hydroxyl groups excluding tert-OH is 1. The number of aryl methyl sites for hydroxylation is 1. The molecule has 0 aliphatic rings. The summed E-state index contributed by atoms with van der Waals surface area (Å²) in [5, 5.41) is 12.0. The Hall–Kier alpha value is -1.91. The summed E-state index contributed by atoms with van der Waals surface area (Å²) in [4.78, 5) is 13.7. The lowest BCUT2D eigenvalue weighted by atomic mass is 9.98. The molecule has 3 rings (SSSR count). The highest BCUT2D eigenvalue weighted by atomic mass is 32.1. The summed E-state index contributed by atoms with van der Waals surface area (Å²) in [5.74, 6) is 0. The minimum Gasteiger partial charge on any atom is -0.389 e. The Labute approximate surface area is 120 Å². The number of rotatable bonds is 2. The summed E-state index contributed by atoms with van der Waals surface area (Å²) in [6.45, 7) is 3.61. The van der Waals surface area contributed by atoms with Crippen LogP contribution in [0.5, 0.6) is 0 Å². The van der Waals surface area contributed by atoms with Gasteiger partial charge in [0, 0.05) is 11.1 Å². The van der Waals surface area contributed by atoms with Crippen molar-refractivity contribution in [3.63, 3.8) is 0 Å². The number of thiazole rings is 1. The minimum absolute atomic E-state index is 0.0663. The molecule has 2 heterocycles. The Kier molecular flexibility index (Phi) is 3.20. The number of nitrogens with zero attached hydrogens (tertiary/aromatic N) is 1. The standard InChI is InChI=1S/C16H15NO2S/c1-10-9-20-14-8-13(11(2)18)15(16(19)17(10)14)12-6-4-3-5-7-12/h3-9,11,18H,1-2H3. The molecule has 0 aliphatic carbocycles. The molecular formula is C16H15NO2S. The van der Waals surface area contributed by atoms with E-state index in [0.29, 0.717) is 11.1 Å². The number of aliphatic hydroxyl groups is 1. The van der Waals surface area contributed by atoms with Crippen LogP contribution >= 0.6 is 11.3 Å². The fourth-order valence-electron chi connectivity index (χ4n) is 2.45. The highest BCUT2D eigenvalue weighted by molar-refractivity contribution is 7.15. The van der Waals surface area contributed by atoms with Crippen LogP contribution in [0.2, 0.25) is 0 Å². The third-order valence-electron chi connectivity index (χ3n) is 3.42. The summed E-state index contributed by atoms with van der Waals surface area (Å²) in [5.41, 5.74) is 2.96. The Morgan fingerprint density at radius 1 is 1.25 bits per heavy atom. The van der Waals surface area contributed by atoms with Crippen LogP contribution < -0.4 is 5.56 Å². The van der Waals surface area contributed by atoms with Crippen molar-refractivity contribution in [1.29, 1.82) is 0 Å². The zero-order valence-corrected chi connectivity index (χ0v) is 12.1. The Bertz CT molecular complexity index is 816. The van der Waals surface area contributed by atoms with E-state index in [0.717, 1.165) is 16.1 Å². The number of fused-ring (bicyclic) bond motifs is 1. The zero-order chi connectivity index (χ0) is 14.3. The maximum atomic E-state index is 12.8. The molecule has 0 amide bonds. The van der Waals surface area contributed by atoms with E-state index < -0.39 is 6.10 Å². The van der Waals surface area contributed by atoms with Crippen LogP contribution in [0, 0.1) is 6.92 Å². The van der Waals surface area contributed by atoms with Gasteiger partial charge in [-0.1, -0.05) is 30.3 Å². The van der Waals surface area contributed by atoms with E-state index in [1.807, 2.05) is 48.7 Å². The third kappa shape index (κ3) is 1.97. The second-order valence-corrected chi connectivity index (χ2v) is 5.76. The summed E-state index contributed by atoms with van der Waals surface area (Å²) in [7, 11) is 0. The van der Waals surface area contributed by atoms with Gasteiger partial charge in [-0.2, -0.15) is 0 Å². The van der Waals surface area contributed by atoms with Gasteiger partial charge < -0.3 is 5.11 Å². The van der Waals surface area contributed by atoms with Crippen molar-refractivity contribution in [2.75, 3.05) is 0 Å². The molecule has 0 saturated carbocycles. The molecule has 1 atom stereocenters. The lowest BCUT2D eigenvalue weighted by Crippen LogP contribution is -2.18. The van der Waals surface area contributed by atoms with E-state index >= 15 is 0 Å². The average Bonchev–Trinajstić information content (AvgIpc) is 2.81. The normalized spacial score (nSPS) is 12.8. The van der Waals surface area contributed by atoms with Gasteiger partial charge in [0.25, 0.3) is 5.56 Å². The van der Waals surface area contributed by atoms with Gasteiger partial charge >= 0.3 is 0 Å². The SMILES string of the molecule is Cc1csc2cc(C(C)O)c(-c3ccccc3)c(=O)n12. The largest absolute Gasteiger partial charge is 0.389 e. The summed E-state index contributed by atoms with van der Waals surface area (Å²) in [6.07, 6.45) is -0.676. The van der Waals surface area contributed by atoms with Gasteiger partial charge in [0.2, 0.25) is 0 Å². The molecule has 102 valence electrons. The van der Waals surface area contributed by atoms with Gasteiger partial charge in [0.1, 0.15) is 4.83 Å². The Balaban J connectivity index is 2.45. The molecular weight excluding hydrogens is 270 g/mol. The lowest BCUT2D eigenvalue weighted by molar-refractivity contribution is 0.200. The molecule has 20 heavy (non-hydrogen) atoms. The molecule has 0 fully saturated rings. The van der Waals surface area contributed by atoms with E-state index in [9.17, 15) is 9.90 Å². The molecule has 0 bridgehead atoms. The number of aromatic nitrogens is 1. The van der Waals surface area contributed by atoms with Gasteiger partial charge in [-0.05, 0) is 31.0 Å². The first kappa shape index (κ1) is 13.1. The van der Waals surface area contributed by atoms with Crippen LogP contribution in [0.15, 0.2) is 46.6 Å². The van der Waals surface area contributed by atoms with Crippen LogP contribution in [0.4, 0.5) is 0 Å². The molecule has 0 spiro atoms. The number of benzene rings is 1. The molecule has 1 N–H and O–H groups in total. The maximum Gasteiger partial charge on any atom is 0.264 e. The van der Waals surface area contributed by atoms with Crippen molar-refractivity contribution >= 4 is 16.2 Å². The Morgan fingerprint density at radius 2 is 1.95 bits per heavy atom. The fourth-order valence-corrected chi connectivity index (χ4v) is 3.37. The fraction of sp³-hybridized carbons (Fsp3) is 0.188. The van der Waals surface area contributed by atoms with E-state index in [-0.39, 0.29) is 5.56 Å². The smallest absolute Gasteiger partial charge is 0.264 e. The lowest BCUT2D eigenvalue weighted by Gasteiger charge is -2.12. The zero-order valence-electron chi connectivity index (χ0n) is 11.3. The van der Waals surface area contributed by atoms with Crippen LogP contribution in [-0.2, 0) is 0 Å². The van der Waals surface area contributed by atoms with Crippen molar-refractivity contribution in [3.05, 3.63) is 63.4 Å². The predicted molar refractivity (Wildman–Crippen MR) is 82.4 cm³/mol. The van der Waals surface area contributed by atoms with Crippen molar-refractivity contribution in [2.45, 2.75) is 20.0 Å². The van der Waals surface area contributed by atoms with Gasteiger partial charge in [-0.25, -0.2) is 0 Å². The van der Waals surface area contributed by atoms with E-state index in [2.05, 4.69) is 0 Å². The highest BCUT2D eigenvalue weighted by Crippen LogP contribution is 2.28. The first-order valence-corrected chi connectivity index (χ1v) is 7.35. The molecule has 0 radical (unpaired) electrons. The molecule has 2 aromatic heterocycles. The molecule has 0 aliphatic heterocycles. The van der Waals surface area contributed by atoms with Gasteiger partial charge in [-0.3, -0.25) is 9.20 Å². The number of hydrogen-bond acceptors (Lipinski definition) is 3. The molecule has 1 unspecified atom stereocenters. The molecule has 0 saturated heterocycles. The first-order valence-electron chi connectivity index (χ1n) is 6.47. The summed E-state index contributed by atoms with van der Waals surface area (Å²) >= 11 is 1.52. The molecule has 1 aromatic carbocycles. The minimum atomic E-state index is -0.676. The predicted octanol–water partition coefficient (Wildman–Crippen LogP) is 3.39. The van der Waals surface area contributed by atoms with Gasteiger partial charge in [0.05, 0.1) is 11.7 Å². The van der Waals surface area contributed by atoms with Crippen LogP contribution in [0.1, 0.15) is 24.3 Å². The number of pyridine rings is 1. The second-order valence-electron chi connectivity index (χ2n) is 4.87. The van der Waals surface area contributed by atoms with Crippen molar-refractivity contribution in [1.82, 2.24) is 4.40 Å². The van der Waals surface area contributed by atoms with E-state index in [4.69, 9.17) is 0 Å². The molecule has 4 heteroatoms. The van der Waals surface area contributed by atoms with E-state index in [1.54, 1.807) is 11.3 Å². The summed E-state index contributed by atoms with van der Waals surface area (Å²) in [6, 6.07) is 11.4. The monoisotopic (exact) mass is 285 g/mol. The van der Waals surface area contributed by atoms with Crippen molar-refractivity contribution in [2.24, 2.45) is 0 Å². The van der Waals surface area contributed by atoms with Crippen molar-refractivity contribution in [3.8, 4) is 11.1 Å². The number of hydrogen-bond donors (Lipinski definition) is 1. The quantitative estimate of drug-likeness (QED) is 0.784. The molecule has 3 aromatic rings. The summed E-state index contributed by atoms with van der Waals surface area (Å²) < 4.78 is 1.71. The van der Waals surface area contributed by atoms with Crippen LogP contribution in [0.3, 0.4) is 0 Å². The van der Waals surface area contributed by atoms with Gasteiger partial charge in [0.15, 0.2) is 0 Å². The van der Waals surface area contributed by atoms with Crippen molar-refractivity contribution < 1.29 is 5.11 Å². The molecule has 3 nitrogen and oxygen atoms in total. The topological polar surface area (TPSA) is 41.7 Å².